The highest BCUT2D eigenvalue weighted by Crippen LogP contribution is 2.00. The summed E-state index contributed by atoms with van der Waals surface area (Å²) in [5.41, 5.74) is 0.979. The Hall–Kier alpha value is -3.15. The maximum absolute atomic E-state index is 10.6. The third kappa shape index (κ3) is 20.9. The molecule has 6 nitrogen and oxygen atoms in total. The Balaban J connectivity index is 0. The fraction of sp³-hybridized carbons (Fsp3) is 0.318. The van der Waals surface area contributed by atoms with E-state index in [0.717, 1.165) is 30.6 Å². The maximum atomic E-state index is 10.6. The number of rotatable bonds is 10. The highest BCUT2D eigenvalue weighted by atomic mass is 16.5. The Morgan fingerprint density at radius 3 is 1.89 bits per heavy atom. The first kappa shape index (κ1) is 27.1. The van der Waals surface area contributed by atoms with E-state index in [1.807, 2.05) is 30.3 Å². The summed E-state index contributed by atoms with van der Waals surface area (Å²) < 4.78 is 9.60. The van der Waals surface area contributed by atoms with Gasteiger partial charge in [-0.1, -0.05) is 76.3 Å². The minimum Gasteiger partial charge on any atom is -0.478 e. The summed E-state index contributed by atoms with van der Waals surface area (Å²) in [5.74, 6) is -1.69. The molecule has 0 amide bonds. The quantitative estimate of drug-likeness (QED) is 0.360. The molecule has 1 rings (SSSR count). The molecule has 0 atom stereocenters. The molecule has 154 valence electrons. The normalized spacial score (nSPS) is 8.61. The number of carboxylic acids is 1. The van der Waals surface area contributed by atoms with Crippen LogP contribution < -0.4 is 0 Å². The van der Waals surface area contributed by atoms with E-state index in [0.29, 0.717) is 13.2 Å². The minimum atomic E-state index is -0.981. The number of benzene rings is 1. The van der Waals surface area contributed by atoms with Crippen molar-refractivity contribution < 1.29 is 29.0 Å². The molecule has 0 radical (unpaired) electrons. The second-order valence-electron chi connectivity index (χ2n) is 5.27. The molecule has 0 bridgehead atoms. The third-order valence-electron chi connectivity index (χ3n) is 2.97. The largest absolute Gasteiger partial charge is 0.478 e. The highest BCUT2D eigenvalue weighted by molar-refractivity contribution is 5.81. The van der Waals surface area contributed by atoms with Crippen molar-refractivity contribution in [3.05, 3.63) is 73.9 Å². The summed E-state index contributed by atoms with van der Waals surface area (Å²) in [5, 5.41) is 7.60. The van der Waals surface area contributed by atoms with Gasteiger partial charge in [0.1, 0.15) is 6.61 Å². The summed E-state index contributed by atoms with van der Waals surface area (Å²) in [7, 11) is 0. The number of carbonyl (C=O) groups is 3. The van der Waals surface area contributed by atoms with Crippen molar-refractivity contribution in [2.45, 2.75) is 39.2 Å². The van der Waals surface area contributed by atoms with Crippen LogP contribution in [0, 0.1) is 0 Å². The van der Waals surface area contributed by atoms with Gasteiger partial charge >= 0.3 is 17.9 Å². The average molecular weight is 390 g/mol. The predicted octanol–water partition coefficient (Wildman–Crippen LogP) is 4.47. The third-order valence-corrected chi connectivity index (χ3v) is 2.97. The zero-order valence-electron chi connectivity index (χ0n) is 16.5. The molecule has 28 heavy (non-hydrogen) atoms. The van der Waals surface area contributed by atoms with Crippen molar-refractivity contribution in [3.8, 4) is 0 Å². The standard InChI is InChI=1S/C10H10O2.C9H16O2.C3H4O2/c1-2-10(11)12-8-9-6-4-3-5-7-9;1-3-5-6-7-8-11-9(10)4-2;1-2-3(4)5/h2-7H,1,8H2;4H,2-3,5-8H2,1H3;2H,1H2,(H,4,5). The molecule has 0 aromatic heterocycles. The highest BCUT2D eigenvalue weighted by Gasteiger charge is 1.95. The molecule has 0 aliphatic carbocycles. The van der Waals surface area contributed by atoms with E-state index in [4.69, 9.17) is 14.6 Å². The van der Waals surface area contributed by atoms with E-state index in [1.54, 1.807) is 0 Å². The van der Waals surface area contributed by atoms with Gasteiger partial charge in [0.2, 0.25) is 0 Å². The van der Waals surface area contributed by atoms with Crippen LogP contribution in [-0.2, 0) is 30.5 Å². The van der Waals surface area contributed by atoms with E-state index in [1.165, 1.54) is 18.9 Å². The second kappa shape index (κ2) is 20.2. The lowest BCUT2D eigenvalue weighted by Gasteiger charge is -2.00. The molecule has 0 aliphatic heterocycles. The van der Waals surface area contributed by atoms with Gasteiger partial charge in [-0.15, -0.1) is 0 Å². The number of hydrogen-bond donors (Lipinski definition) is 1. The number of esters is 2. The Morgan fingerprint density at radius 1 is 0.893 bits per heavy atom. The van der Waals surface area contributed by atoms with Crippen LogP contribution in [0.3, 0.4) is 0 Å². The van der Waals surface area contributed by atoms with Crippen molar-refractivity contribution in [2.24, 2.45) is 0 Å². The van der Waals surface area contributed by atoms with E-state index in [2.05, 4.69) is 26.7 Å². The Labute approximate surface area is 167 Å². The first-order chi connectivity index (χ1) is 13.4. The monoisotopic (exact) mass is 390 g/mol. The zero-order valence-corrected chi connectivity index (χ0v) is 16.5. The lowest BCUT2D eigenvalue weighted by Crippen LogP contribution is -2.01. The van der Waals surface area contributed by atoms with Gasteiger partial charge in [0.05, 0.1) is 6.61 Å². The first-order valence-corrected chi connectivity index (χ1v) is 8.88. The molecule has 0 aliphatic rings. The van der Waals surface area contributed by atoms with Crippen LogP contribution in [-0.4, -0.2) is 29.6 Å². The van der Waals surface area contributed by atoms with Gasteiger partial charge in [-0.2, -0.15) is 0 Å². The van der Waals surface area contributed by atoms with E-state index < -0.39 is 5.97 Å². The van der Waals surface area contributed by atoms with Gasteiger partial charge in [-0.25, -0.2) is 14.4 Å². The molecule has 1 aromatic carbocycles. The number of carbonyl (C=O) groups excluding carboxylic acids is 2. The number of aliphatic carboxylic acids is 1. The van der Waals surface area contributed by atoms with Crippen molar-refractivity contribution >= 4 is 17.9 Å². The molecule has 0 saturated heterocycles. The summed E-state index contributed by atoms with van der Waals surface area (Å²) >= 11 is 0. The topological polar surface area (TPSA) is 89.9 Å². The number of carboxylic acid groups (broad SMARTS) is 1. The Bertz CT molecular complexity index is 592. The van der Waals surface area contributed by atoms with Crippen LogP contribution in [0.25, 0.3) is 0 Å². The Kier molecular flexibility index (Phi) is 19.5. The zero-order chi connectivity index (χ0) is 21.6. The average Bonchev–Trinajstić information content (AvgIpc) is 2.73. The van der Waals surface area contributed by atoms with E-state index in [-0.39, 0.29) is 11.9 Å². The van der Waals surface area contributed by atoms with Gasteiger partial charge in [-0.3, -0.25) is 0 Å². The SMILES string of the molecule is C=CC(=O)O.C=CC(=O)OCCCCCC.C=CC(=O)OCc1ccccc1. The number of unbranched alkanes of at least 4 members (excludes halogenated alkanes) is 3. The van der Waals surface area contributed by atoms with E-state index in [9.17, 15) is 14.4 Å². The van der Waals surface area contributed by atoms with Crippen LogP contribution in [0.15, 0.2) is 68.3 Å². The molecule has 0 heterocycles. The fourth-order valence-corrected chi connectivity index (χ4v) is 1.55. The molecule has 1 aromatic rings. The van der Waals surface area contributed by atoms with Crippen LogP contribution >= 0.6 is 0 Å². The molecule has 0 spiro atoms. The lowest BCUT2D eigenvalue weighted by molar-refractivity contribution is -0.139. The van der Waals surface area contributed by atoms with Gasteiger partial charge < -0.3 is 14.6 Å². The number of ether oxygens (including phenoxy) is 2. The van der Waals surface area contributed by atoms with Crippen LogP contribution in [0.4, 0.5) is 0 Å². The van der Waals surface area contributed by atoms with Crippen molar-refractivity contribution in [1.82, 2.24) is 0 Å². The molecule has 1 N–H and O–H groups in total. The van der Waals surface area contributed by atoms with Crippen LogP contribution in [0.1, 0.15) is 38.2 Å². The molecule has 6 heteroatoms. The molecule has 0 fully saturated rings. The van der Waals surface area contributed by atoms with Gasteiger partial charge in [0.25, 0.3) is 0 Å². The summed E-state index contributed by atoms with van der Waals surface area (Å²) in [4.78, 5) is 30.4. The second-order valence-corrected chi connectivity index (χ2v) is 5.27. The lowest BCUT2D eigenvalue weighted by atomic mass is 10.2. The summed E-state index contributed by atoms with van der Waals surface area (Å²) in [6.45, 7) is 12.6. The first-order valence-electron chi connectivity index (χ1n) is 8.88. The van der Waals surface area contributed by atoms with Crippen molar-refractivity contribution in [3.63, 3.8) is 0 Å². The number of hydrogen-bond acceptors (Lipinski definition) is 5. The summed E-state index contributed by atoms with van der Waals surface area (Å²) in [6, 6.07) is 9.51. The smallest absolute Gasteiger partial charge is 0.330 e. The maximum Gasteiger partial charge on any atom is 0.330 e. The van der Waals surface area contributed by atoms with Gasteiger partial charge in [-0.05, 0) is 12.0 Å². The summed E-state index contributed by atoms with van der Waals surface area (Å²) in [6.07, 6.45) is 7.71. The van der Waals surface area contributed by atoms with Crippen LogP contribution in [0.5, 0.6) is 0 Å². The van der Waals surface area contributed by atoms with Crippen LogP contribution in [0.2, 0.25) is 0 Å². The molecular formula is C22H30O6. The van der Waals surface area contributed by atoms with Crippen molar-refractivity contribution in [1.29, 1.82) is 0 Å². The molecule has 0 saturated carbocycles. The van der Waals surface area contributed by atoms with Gasteiger partial charge in [0.15, 0.2) is 0 Å². The predicted molar refractivity (Wildman–Crippen MR) is 110 cm³/mol. The van der Waals surface area contributed by atoms with Crippen molar-refractivity contribution in [2.75, 3.05) is 6.61 Å². The fourth-order valence-electron chi connectivity index (χ4n) is 1.55. The van der Waals surface area contributed by atoms with Gasteiger partial charge in [0, 0.05) is 18.2 Å². The van der Waals surface area contributed by atoms with E-state index >= 15 is 0 Å². The Morgan fingerprint density at radius 2 is 1.43 bits per heavy atom. The minimum absolute atomic E-state index is 0.311. The molecular weight excluding hydrogens is 360 g/mol. The molecule has 0 unspecified atom stereocenters.